The number of aromatic nitrogens is 2. The topological polar surface area (TPSA) is 92.6 Å². The molecule has 0 spiro atoms. The zero-order valence-electron chi connectivity index (χ0n) is 22.5. The summed E-state index contributed by atoms with van der Waals surface area (Å²) >= 11 is 2.74. The molecule has 1 amide bonds. The van der Waals surface area contributed by atoms with Gasteiger partial charge in [-0.15, -0.1) is 10.2 Å². The summed E-state index contributed by atoms with van der Waals surface area (Å²) in [4.78, 5) is 28.4. The van der Waals surface area contributed by atoms with Crippen molar-refractivity contribution in [2.45, 2.75) is 23.1 Å². The molecule has 2 heterocycles. The molecule has 5 aromatic rings. The maximum atomic E-state index is 13.6. The summed E-state index contributed by atoms with van der Waals surface area (Å²) in [6.45, 7) is 2.04. The van der Waals surface area contributed by atoms with Crippen LogP contribution in [-0.4, -0.2) is 27.0 Å². The number of aliphatic hydroxyl groups excluding tert-OH is 1. The number of hydrogen-bond donors (Lipinski definition) is 1. The van der Waals surface area contributed by atoms with Crippen LogP contribution in [-0.2, 0) is 15.3 Å². The molecule has 6 rings (SSSR count). The summed E-state index contributed by atoms with van der Waals surface area (Å²) in [5, 5.41) is 20.2. The van der Waals surface area contributed by atoms with Crippen molar-refractivity contribution in [3.05, 3.63) is 137 Å². The highest BCUT2D eigenvalue weighted by atomic mass is 32.2. The number of nitrogens with zero attached hydrogens (tertiary/aromatic N) is 3. The predicted octanol–water partition coefficient (Wildman–Crippen LogP) is 7.56. The Morgan fingerprint density at radius 3 is 2.31 bits per heavy atom. The van der Waals surface area contributed by atoms with E-state index in [1.54, 1.807) is 48.5 Å². The highest BCUT2D eigenvalue weighted by Gasteiger charge is 2.48. The van der Waals surface area contributed by atoms with E-state index in [-0.39, 0.29) is 16.5 Å². The molecule has 0 bridgehead atoms. The van der Waals surface area contributed by atoms with Crippen LogP contribution in [0.3, 0.4) is 0 Å². The number of para-hydroxylation sites is 1. The second-order valence-corrected chi connectivity index (χ2v) is 11.8. The average Bonchev–Trinajstić information content (AvgIpc) is 3.59. The third-order valence-electron chi connectivity index (χ3n) is 6.73. The van der Waals surface area contributed by atoms with E-state index in [1.807, 2.05) is 43.3 Å². The minimum Gasteiger partial charge on any atom is -0.507 e. The van der Waals surface area contributed by atoms with Gasteiger partial charge in [-0.25, -0.2) is 0 Å². The van der Waals surface area contributed by atoms with Gasteiger partial charge in [-0.2, -0.15) is 0 Å². The molecule has 4 aromatic carbocycles. The van der Waals surface area contributed by atoms with Crippen molar-refractivity contribution in [2.75, 3.05) is 4.90 Å². The van der Waals surface area contributed by atoms with E-state index in [9.17, 15) is 14.7 Å². The van der Waals surface area contributed by atoms with Crippen LogP contribution < -0.4 is 9.64 Å². The third kappa shape index (κ3) is 5.70. The summed E-state index contributed by atoms with van der Waals surface area (Å²) in [5.74, 6) is 0.0273. The highest BCUT2D eigenvalue weighted by Crippen LogP contribution is 2.44. The molecule has 1 atom stereocenters. The Morgan fingerprint density at radius 2 is 1.57 bits per heavy atom. The monoisotopic (exact) mass is 591 g/mol. The van der Waals surface area contributed by atoms with Crippen LogP contribution in [0.2, 0.25) is 0 Å². The van der Waals surface area contributed by atoms with Gasteiger partial charge in [-0.05, 0) is 42.3 Å². The van der Waals surface area contributed by atoms with Crippen molar-refractivity contribution in [1.29, 1.82) is 0 Å². The highest BCUT2D eigenvalue weighted by molar-refractivity contribution is 8.00. The fourth-order valence-electron chi connectivity index (χ4n) is 4.66. The molecule has 42 heavy (non-hydrogen) atoms. The Morgan fingerprint density at radius 1 is 0.881 bits per heavy atom. The Balaban J connectivity index is 1.38. The standard InChI is InChI=1S/C33H25N3O4S2/c1-21-15-17-22(18-16-21)20-41-33-35-34-32(42-33)36-28(24-11-8-14-26(19-24)40-25-12-6-3-7-13-25)27(30(38)31(36)39)29(37)23-9-4-2-5-10-23/h2-19,28,37H,20H2,1H3/b29-27-. The number of ketones is 1. The normalized spacial score (nSPS) is 16.1. The van der Waals surface area contributed by atoms with E-state index in [0.717, 1.165) is 5.56 Å². The fourth-order valence-corrected chi connectivity index (χ4v) is 6.48. The van der Waals surface area contributed by atoms with Crippen molar-refractivity contribution in [3.8, 4) is 11.5 Å². The molecule has 1 aliphatic heterocycles. The first-order valence-electron chi connectivity index (χ1n) is 13.2. The Kier molecular flexibility index (Phi) is 7.85. The summed E-state index contributed by atoms with van der Waals surface area (Å²) in [5.41, 5.74) is 3.33. The zero-order chi connectivity index (χ0) is 29.1. The van der Waals surface area contributed by atoms with Gasteiger partial charge >= 0.3 is 5.91 Å². The lowest BCUT2D eigenvalue weighted by molar-refractivity contribution is -0.132. The van der Waals surface area contributed by atoms with Crippen molar-refractivity contribution >= 4 is 45.7 Å². The molecule has 1 fully saturated rings. The van der Waals surface area contributed by atoms with E-state index in [4.69, 9.17) is 4.74 Å². The van der Waals surface area contributed by atoms with Gasteiger partial charge in [-0.1, -0.05) is 114 Å². The number of hydrogen-bond acceptors (Lipinski definition) is 8. The van der Waals surface area contributed by atoms with Crippen molar-refractivity contribution in [2.24, 2.45) is 0 Å². The lowest BCUT2D eigenvalue weighted by Crippen LogP contribution is -2.29. The van der Waals surface area contributed by atoms with Gasteiger partial charge in [0, 0.05) is 11.3 Å². The minimum absolute atomic E-state index is 0.0212. The van der Waals surface area contributed by atoms with E-state index < -0.39 is 17.7 Å². The van der Waals surface area contributed by atoms with Gasteiger partial charge in [0.25, 0.3) is 5.78 Å². The molecule has 1 N–H and O–H groups in total. The number of thioether (sulfide) groups is 1. The number of ether oxygens (including phenoxy) is 1. The number of aliphatic hydroxyl groups is 1. The van der Waals surface area contributed by atoms with Gasteiger partial charge in [-0.3, -0.25) is 14.5 Å². The quantitative estimate of drug-likeness (QED) is 0.0655. The zero-order valence-corrected chi connectivity index (χ0v) is 24.1. The molecule has 1 saturated heterocycles. The maximum absolute atomic E-state index is 13.6. The first-order chi connectivity index (χ1) is 20.5. The molecule has 0 saturated carbocycles. The molecule has 1 aliphatic rings. The lowest BCUT2D eigenvalue weighted by atomic mass is 9.95. The van der Waals surface area contributed by atoms with Gasteiger partial charge in [0.05, 0.1) is 11.6 Å². The summed E-state index contributed by atoms with van der Waals surface area (Å²) < 4.78 is 6.71. The number of amides is 1. The molecule has 1 unspecified atom stereocenters. The SMILES string of the molecule is Cc1ccc(CSc2nnc(N3C(=O)C(=O)/C(=C(\O)c4ccccc4)C3c3cccc(Oc4ccccc4)c3)s2)cc1. The number of Topliss-reactive ketones (excluding diaryl/α,β-unsaturated/α-hetero) is 1. The van der Waals surface area contributed by atoms with E-state index >= 15 is 0 Å². The van der Waals surface area contributed by atoms with E-state index in [0.29, 0.717) is 32.7 Å². The van der Waals surface area contributed by atoms with Gasteiger partial charge in [0.1, 0.15) is 17.3 Å². The Labute approximate surface area is 251 Å². The molecular formula is C33H25N3O4S2. The lowest BCUT2D eigenvalue weighted by Gasteiger charge is -2.23. The molecule has 0 aliphatic carbocycles. The number of carbonyl (C=O) groups is 2. The summed E-state index contributed by atoms with van der Waals surface area (Å²) in [7, 11) is 0. The molecule has 208 valence electrons. The number of benzene rings is 4. The first-order valence-corrected chi connectivity index (χ1v) is 15.0. The molecular weight excluding hydrogens is 567 g/mol. The molecule has 0 radical (unpaired) electrons. The van der Waals surface area contributed by atoms with Crippen molar-refractivity contribution in [1.82, 2.24) is 10.2 Å². The second-order valence-electron chi connectivity index (χ2n) is 9.65. The number of anilines is 1. The smallest absolute Gasteiger partial charge is 0.301 e. The van der Waals surface area contributed by atoms with Crippen LogP contribution in [0.15, 0.2) is 119 Å². The molecule has 7 nitrogen and oxygen atoms in total. The molecule has 1 aromatic heterocycles. The van der Waals surface area contributed by atoms with E-state index in [2.05, 4.69) is 34.5 Å². The van der Waals surface area contributed by atoms with Crippen LogP contribution in [0, 0.1) is 6.92 Å². The fraction of sp³-hybridized carbons (Fsp3) is 0.0909. The van der Waals surface area contributed by atoms with E-state index in [1.165, 1.54) is 33.6 Å². The van der Waals surface area contributed by atoms with Crippen molar-refractivity contribution in [3.63, 3.8) is 0 Å². The van der Waals surface area contributed by atoms with Crippen LogP contribution in [0.25, 0.3) is 5.76 Å². The third-order valence-corrected chi connectivity index (χ3v) is 8.86. The first kappa shape index (κ1) is 27.4. The van der Waals surface area contributed by atoms with Crippen molar-refractivity contribution < 1.29 is 19.4 Å². The average molecular weight is 592 g/mol. The van der Waals surface area contributed by atoms with Crippen LogP contribution in [0.1, 0.15) is 28.3 Å². The van der Waals surface area contributed by atoms with Crippen LogP contribution >= 0.6 is 23.1 Å². The summed E-state index contributed by atoms with van der Waals surface area (Å²) in [6.07, 6.45) is 0. The minimum atomic E-state index is -0.938. The number of aryl methyl sites for hydroxylation is 1. The Bertz CT molecular complexity index is 1770. The number of carbonyl (C=O) groups excluding carboxylic acids is 2. The number of rotatable bonds is 8. The second kappa shape index (κ2) is 12.0. The summed E-state index contributed by atoms with van der Waals surface area (Å²) in [6, 6.07) is 32.5. The maximum Gasteiger partial charge on any atom is 0.301 e. The van der Waals surface area contributed by atoms with Gasteiger partial charge < -0.3 is 9.84 Å². The predicted molar refractivity (Wildman–Crippen MR) is 165 cm³/mol. The van der Waals surface area contributed by atoms with Crippen LogP contribution in [0.5, 0.6) is 11.5 Å². The van der Waals surface area contributed by atoms with Crippen LogP contribution in [0.4, 0.5) is 5.13 Å². The van der Waals surface area contributed by atoms with Gasteiger partial charge in [0.2, 0.25) is 5.13 Å². The van der Waals surface area contributed by atoms with Gasteiger partial charge in [0.15, 0.2) is 4.34 Å². The largest absolute Gasteiger partial charge is 0.507 e. The molecule has 9 heteroatoms. The Hall–Kier alpha value is -4.73.